The van der Waals surface area contributed by atoms with Crippen molar-refractivity contribution in [3.05, 3.63) is 23.3 Å². The zero-order valence-electron chi connectivity index (χ0n) is 11.4. The third-order valence-corrected chi connectivity index (χ3v) is 3.49. The number of rotatable bonds is 4. The first-order valence-electron chi connectivity index (χ1n) is 5.94. The van der Waals surface area contributed by atoms with Crippen molar-refractivity contribution in [3.8, 4) is 0 Å². The number of nitrogens with zero attached hydrogens (tertiary/aromatic N) is 4. The van der Waals surface area contributed by atoms with E-state index in [0.29, 0.717) is 12.2 Å². The fraction of sp³-hybridized carbons (Fsp3) is 0.455. The number of aromatic nitrogens is 4. The van der Waals surface area contributed by atoms with Crippen LogP contribution in [0.4, 0.5) is 0 Å². The van der Waals surface area contributed by atoms with Crippen molar-refractivity contribution in [1.82, 2.24) is 24.3 Å². The third-order valence-electron chi connectivity index (χ3n) is 2.89. The number of carbonyl (C=O) groups excluding carboxylic acids is 1. The van der Waals surface area contributed by atoms with E-state index in [2.05, 4.69) is 15.1 Å². The molecule has 9 heteroatoms. The molecule has 2 aromatic rings. The predicted molar refractivity (Wildman–Crippen MR) is 71.6 cm³/mol. The summed E-state index contributed by atoms with van der Waals surface area (Å²) in [5, 5.41) is 4.05. The number of sulfonamides is 1. The second kappa shape index (κ2) is 5.16. The SMILES string of the molecule is Cc1nc2ncnn2c(C)c1CCC(=O)NS(C)(=O)=O. The summed E-state index contributed by atoms with van der Waals surface area (Å²) in [5.41, 5.74) is 2.47. The molecule has 0 saturated carbocycles. The summed E-state index contributed by atoms with van der Waals surface area (Å²) in [5.74, 6) is -0.0330. The molecule has 2 heterocycles. The summed E-state index contributed by atoms with van der Waals surface area (Å²) in [6.07, 6.45) is 2.82. The van der Waals surface area contributed by atoms with Gasteiger partial charge in [-0.05, 0) is 25.8 Å². The summed E-state index contributed by atoms with van der Waals surface area (Å²) in [7, 11) is -3.52. The standard InChI is InChI=1S/C11H15N5O3S/c1-7-9(4-5-10(17)15-20(3,18)19)8(2)16-11(14-7)12-6-13-16/h6H,4-5H2,1-3H3,(H,15,17). The number of carbonyl (C=O) groups is 1. The average Bonchev–Trinajstić information content (AvgIpc) is 2.74. The molecule has 0 aliphatic heterocycles. The fourth-order valence-corrected chi connectivity index (χ4v) is 2.53. The quantitative estimate of drug-likeness (QED) is 0.834. The zero-order chi connectivity index (χ0) is 14.9. The number of fused-ring (bicyclic) bond motifs is 1. The highest BCUT2D eigenvalue weighted by Crippen LogP contribution is 2.14. The molecule has 0 aliphatic rings. The van der Waals surface area contributed by atoms with Gasteiger partial charge in [0.2, 0.25) is 15.9 Å². The Kier molecular flexibility index (Phi) is 3.71. The van der Waals surface area contributed by atoms with Crippen LogP contribution in [0.3, 0.4) is 0 Å². The van der Waals surface area contributed by atoms with Crippen molar-refractivity contribution in [3.63, 3.8) is 0 Å². The van der Waals surface area contributed by atoms with Crippen molar-refractivity contribution >= 4 is 21.7 Å². The normalized spacial score (nSPS) is 11.8. The van der Waals surface area contributed by atoms with Crippen LogP contribution in [-0.4, -0.2) is 40.2 Å². The lowest BCUT2D eigenvalue weighted by Gasteiger charge is -2.10. The summed E-state index contributed by atoms with van der Waals surface area (Å²) >= 11 is 0. The van der Waals surface area contributed by atoms with Crippen LogP contribution in [0.1, 0.15) is 23.4 Å². The van der Waals surface area contributed by atoms with Gasteiger partial charge in [0.15, 0.2) is 0 Å². The van der Waals surface area contributed by atoms with Gasteiger partial charge >= 0.3 is 0 Å². The molecule has 2 rings (SSSR count). The summed E-state index contributed by atoms with van der Waals surface area (Å²) in [6, 6.07) is 0. The van der Waals surface area contributed by atoms with E-state index < -0.39 is 15.9 Å². The number of hydrogen-bond acceptors (Lipinski definition) is 6. The van der Waals surface area contributed by atoms with Gasteiger partial charge in [-0.25, -0.2) is 17.9 Å². The molecular formula is C11H15N5O3S. The summed E-state index contributed by atoms with van der Waals surface area (Å²) in [4.78, 5) is 19.8. The van der Waals surface area contributed by atoms with Gasteiger partial charge in [0.1, 0.15) is 6.33 Å². The smallest absolute Gasteiger partial charge is 0.252 e. The molecule has 0 spiro atoms. The molecule has 20 heavy (non-hydrogen) atoms. The second-order valence-electron chi connectivity index (χ2n) is 4.53. The molecule has 2 aromatic heterocycles. The van der Waals surface area contributed by atoms with Crippen LogP contribution >= 0.6 is 0 Å². The average molecular weight is 297 g/mol. The van der Waals surface area contributed by atoms with Gasteiger partial charge in [0.05, 0.1) is 6.26 Å². The maximum Gasteiger partial charge on any atom is 0.252 e. The van der Waals surface area contributed by atoms with Crippen LogP contribution in [0, 0.1) is 13.8 Å². The highest BCUT2D eigenvalue weighted by atomic mass is 32.2. The highest BCUT2D eigenvalue weighted by molar-refractivity contribution is 7.89. The molecule has 1 amide bonds. The minimum Gasteiger partial charge on any atom is -0.274 e. The third kappa shape index (κ3) is 3.10. The van der Waals surface area contributed by atoms with E-state index in [1.807, 2.05) is 18.6 Å². The second-order valence-corrected chi connectivity index (χ2v) is 6.28. The molecule has 0 radical (unpaired) electrons. The maximum absolute atomic E-state index is 11.5. The largest absolute Gasteiger partial charge is 0.274 e. The van der Waals surface area contributed by atoms with Gasteiger partial charge in [-0.3, -0.25) is 9.52 Å². The molecule has 108 valence electrons. The monoisotopic (exact) mass is 297 g/mol. The minimum absolute atomic E-state index is 0.0661. The molecule has 0 bridgehead atoms. The lowest BCUT2D eigenvalue weighted by atomic mass is 10.1. The van der Waals surface area contributed by atoms with E-state index in [1.54, 1.807) is 4.52 Å². The first kappa shape index (κ1) is 14.4. The molecule has 1 N–H and O–H groups in total. The fourth-order valence-electron chi connectivity index (χ4n) is 2.01. The molecule has 8 nitrogen and oxygen atoms in total. The molecule has 0 atom stereocenters. The van der Waals surface area contributed by atoms with Crippen LogP contribution in [0.5, 0.6) is 0 Å². The Labute approximate surface area is 116 Å². The van der Waals surface area contributed by atoms with E-state index >= 15 is 0 Å². The van der Waals surface area contributed by atoms with Crippen LogP contribution in [0.2, 0.25) is 0 Å². The number of aryl methyl sites for hydroxylation is 2. The highest BCUT2D eigenvalue weighted by Gasteiger charge is 2.14. The molecule has 0 saturated heterocycles. The minimum atomic E-state index is -3.52. The Morgan fingerprint density at radius 2 is 2.10 bits per heavy atom. The van der Waals surface area contributed by atoms with Crippen LogP contribution in [0.15, 0.2) is 6.33 Å². The van der Waals surface area contributed by atoms with Gasteiger partial charge < -0.3 is 0 Å². The first-order chi connectivity index (χ1) is 9.28. The zero-order valence-corrected chi connectivity index (χ0v) is 12.2. The van der Waals surface area contributed by atoms with Crippen molar-refractivity contribution in [2.75, 3.05) is 6.26 Å². The molecule has 0 aliphatic carbocycles. The number of amides is 1. The number of hydrogen-bond donors (Lipinski definition) is 1. The van der Waals surface area contributed by atoms with E-state index in [4.69, 9.17) is 0 Å². The van der Waals surface area contributed by atoms with E-state index in [-0.39, 0.29) is 6.42 Å². The number of nitrogens with one attached hydrogen (secondary N) is 1. The topological polar surface area (TPSA) is 106 Å². The van der Waals surface area contributed by atoms with E-state index in [0.717, 1.165) is 23.2 Å². The molecule has 0 aromatic carbocycles. The first-order valence-corrected chi connectivity index (χ1v) is 7.83. The van der Waals surface area contributed by atoms with Gasteiger partial charge in [0, 0.05) is 17.8 Å². The van der Waals surface area contributed by atoms with Crippen molar-refractivity contribution in [2.45, 2.75) is 26.7 Å². The van der Waals surface area contributed by atoms with Crippen molar-refractivity contribution < 1.29 is 13.2 Å². The van der Waals surface area contributed by atoms with Crippen LogP contribution < -0.4 is 4.72 Å². The van der Waals surface area contributed by atoms with Crippen molar-refractivity contribution in [1.29, 1.82) is 0 Å². The lowest BCUT2D eigenvalue weighted by Crippen LogP contribution is -2.29. The Balaban J connectivity index is 2.19. The Morgan fingerprint density at radius 3 is 2.75 bits per heavy atom. The summed E-state index contributed by atoms with van der Waals surface area (Å²) < 4.78 is 25.5. The molecular weight excluding hydrogens is 282 g/mol. The van der Waals surface area contributed by atoms with Gasteiger partial charge in [0.25, 0.3) is 5.78 Å². The van der Waals surface area contributed by atoms with Crippen LogP contribution in [0.25, 0.3) is 5.78 Å². The van der Waals surface area contributed by atoms with Gasteiger partial charge in [-0.1, -0.05) is 0 Å². The van der Waals surface area contributed by atoms with Crippen LogP contribution in [-0.2, 0) is 21.2 Å². The Bertz CT molecular complexity index is 766. The molecule has 0 fully saturated rings. The Morgan fingerprint density at radius 1 is 1.40 bits per heavy atom. The predicted octanol–water partition coefficient (Wildman–Crippen LogP) is -0.250. The van der Waals surface area contributed by atoms with E-state index in [1.165, 1.54) is 6.33 Å². The van der Waals surface area contributed by atoms with Gasteiger partial charge in [-0.2, -0.15) is 10.1 Å². The Hall–Kier alpha value is -2.03. The van der Waals surface area contributed by atoms with E-state index in [9.17, 15) is 13.2 Å². The molecule has 0 unspecified atom stereocenters. The van der Waals surface area contributed by atoms with Gasteiger partial charge in [-0.15, -0.1) is 0 Å². The summed E-state index contributed by atoms with van der Waals surface area (Å²) in [6.45, 7) is 3.69. The lowest BCUT2D eigenvalue weighted by molar-refractivity contribution is -0.119. The maximum atomic E-state index is 11.5. The van der Waals surface area contributed by atoms with Crippen molar-refractivity contribution in [2.24, 2.45) is 0 Å².